The molecule has 0 aliphatic carbocycles. The molecule has 5 heavy (non-hydrogen) atoms. The summed E-state index contributed by atoms with van der Waals surface area (Å²) in [6.07, 6.45) is 4.00. The molecule has 0 atom stereocenters. The van der Waals surface area contributed by atoms with E-state index in [0.717, 1.165) is 0 Å². The van der Waals surface area contributed by atoms with Crippen LogP contribution in [0.2, 0.25) is 0 Å². The summed E-state index contributed by atoms with van der Waals surface area (Å²) in [6.45, 7) is 0. The zero-order valence-corrected chi connectivity index (χ0v) is 3.96. The lowest BCUT2D eigenvalue weighted by Crippen LogP contribution is -1.52. The Labute approximate surface area is 33.3 Å². The molecule has 1 heterocycles. The summed E-state index contributed by atoms with van der Waals surface area (Å²) in [5.41, 5.74) is 2.15. The predicted octanol–water partition coefficient (Wildman–Crippen LogP) is -0.0925. The summed E-state index contributed by atoms with van der Waals surface area (Å²) in [7, 11) is 0.440. The predicted molar refractivity (Wildman–Crippen MR) is 25.9 cm³/mol. The summed E-state index contributed by atoms with van der Waals surface area (Å²) in [6, 6.07) is 0. The Bertz CT molecular complexity index is 94.8. The summed E-state index contributed by atoms with van der Waals surface area (Å²) in [5, 5.41) is 3.07. The first-order valence-corrected chi connectivity index (χ1v) is 2.82. The van der Waals surface area contributed by atoms with Crippen molar-refractivity contribution < 1.29 is 0 Å². The molecule has 0 radical (unpaired) electrons. The van der Waals surface area contributed by atoms with Crippen molar-refractivity contribution in [3.63, 3.8) is 0 Å². The molecule has 1 aliphatic rings. The molecular formula is C4H4Si. The molecule has 0 spiro atoms. The highest BCUT2D eigenvalue weighted by Gasteiger charge is 1.62. The molecule has 0 aromatic heterocycles. The van der Waals surface area contributed by atoms with E-state index in [0.29, 0.717) is 9.13 Å². The number of rotatable bonds is 0. The Balaban J connectivity index is 2.98. The van der Waals surface area contributed by atoms with E-state index in [-0.39, 0.29) is 0 Å². The van der Waals surface area contributed by atoms with Crippen LogP contribution in [-0.2, 0) is 0 Å². The highest BCUT2D eigenvalue weighted by molar-refractivity contribution is 6.51. The fraction of sp³-hybridized carbons (Fsp3) is 0. The summed E-state index contributed by atoms with van der Waals surface area (Å²) in [5.74, 6) is 0. The molecule has 0 unspecified atom stereocenters. The lowest BCUT2D eigenvalue weighted by molar-refractivity contribution is 2.20. The van der Waals surface area contributed by atoms with Gasteiger partial charge in [-0.25, -0.2) is 0 Å². The van der Waals surface area contributed by atoms with E-state index in [2.05, 4.69) is 11.0 Å². The quantitative estimate of drug-likeness (QED) is 0.357. The number of allylic oxidation sites excluding steroid dienone is 2. The van der Waals surface area contributed by atoms with Crippen LogP contribution in [0.4, 0.5) is 0 Å². The van der Waals surface area contributed by atoms with Crippen molar-refractivity contribution in [1.29, 1.82) is 0 Å². The first-order valence-electron chi connectivity index (χ1n) is 1.58. The maximum Gasteiger partial charge on any atom is 0.0765 e. The highest BCUT2D eigenvalue weighted by Crippen LogP contribution is 1.68. The minimum atomic E-state index is 0.440. The maximum atomic E-state index is 3.07. The van der Waals surface area contributed by atoms with Gasteiger partial charge in [0.05, 0.1) is 9.13 Å². The van der Waals surface area contributed by atoms with Gasteiger partial charge in [0.2, 0.25) is 0 Å². The Morgan fingerprint density at radius 2 is 2.60 bits per heavy atom. The van der Waals surface area contributed by atoms with Gasteiger partial charge >= 0.3 is 0 Å². The molecule has 0 aromatic rings. The van der Waals surface area contributed by atoms with E-state index in [1.807, 2.05) is 12.2 Å². The van der Waals surface area contributed by atoms with Gasteiger partial charge in [-0.3, -0.25) is 0 Å². The summed E-state index contributed by atoms with van der Waals surface area (Å²) >= 11 is 0. The minimum Gasteiger partial charge on any atom is -0.155 e. The van der Waals surface area contributed by atoms with Crippen molar-refractivity contribution in [2.75, 3.05) is 0 Å². The van der Waals surface area contributed by atoms with Gasteiger partial charge in [-0.1, -0.05) is 11.8 Å². The largest absolute Gasteiger partial charge is 0.155 e. The molecule has 0 nitrogen and oxygen atoms in total. The second kappa shape index (κ2) is 1.15. The third kappa shape index (κ3) is 0.439. The molecule has 1 rings (SSSR count). The van der Waals surface area contributed by atoms with Gasteiger partial charge in [0.1, 0.15) is 0 Å². The van der Waals surface area contributed by atoms with Crippen LogP contribution in [-0.4, -0.2) is 14.5 Å². The molecule has 1 aliphatic heterocycles. The monoisotopic (exact) mass is 80.0 g/mol. The van der Waals surface area contributed by atoms with E-state index >= 15 is 0 Å². The Morgan fingerprint density at radius 3 is 2.80 bits per heavy atom. The van der Waals surface area contributed by atoms with Gasteiger partial charge < -0.3 is 0 Å². The molecule has 0 saturated carbocycles. The van der Waals surface area contributed by atoms with Crippen molar-refractivity contribution >= 4 is 14.5 Å². The van der Waals surface area contributed by atoms with Gasteiger partial charge in [0, 0.05) is 0 Å². The van der Waals surface area contributed by atoms with Crippen molar-refractivity contribution in [2.45, 2.75) is 0 Å². The smallest absolute Gasteiger partial charge is 0.0765 e. The topological polar surface area (TPSA) is 0 Å². The van der Waals surface area contributed by atoms with E-state index in [1.54, 1.807) is 0 Å². The van der Waals surface area contributed by atoms with Crippen molar-refractivity contribution in [3.05, 3.63) is 17.9 Å². The van der Waals surface area contributed by atoms with E-state index in [9.17, 15) is 0 Å². The van der Waals surface area contributed by atoms with Crippen LogP contribution in [0.1, 0.15) is 0 Å². The number of hydrogen-bond acceptors (Lipinski definition) is 0. The van der Waals surface area contributed by atoms with Crippen LogP contribution >= 0.6 is 0 Å². The molecule has 0 saturated heterocycles. The third-order valence-corrected chi connectivity index (χ3v) is 1.30. The lowest BCUT2D eigenvalue weighted by atomic mass is 10.6. The van der Waals surface area contributed by atoms with Crippen LogP contribution in [0.15, 0.2) is 17.9 Å². The van der Waals surface area contributed by atoms with Crippen LogP contribution in [0, 0.1) is 0 Å². The lowest BCUT2D eigenvalue weighted by Gasteiger charge is -1.45. The molecule has 0 bridgehead atoms. The minimum absolute atomic E-state index is 0.440. The van der Waals surface area contributed by atoms with Gasteiger partial charge in [-0.05, 0) is 6.08 Å². The maximum absolute atomic E-state index is 3.07. The third-order valence-electron chi connectivity index (χ3n) is 0.496. The van der Waals surface area contributed by atoms with Gasteiger partial charge in [0.25, 0.3) is 0 Å². The van der Waals surface area contributed by atoms with Crippen LogP contribution in [0.5, 0.6) is 0 Å². The zero-order chi connectivity index (χ0) is 3.54. The Kier molecular flexibility index (Phi) is 0.652. The molecule has 0 N–H and O–H groups in total. The van der Waals surface area contributed by atoms with Crippen molar-refractivity contribution in [2.24, 2.45) is 0 Å². The first-order chi connectivity index (χ1) is 2.50. The standard InChI is InChI=1S/C4H4Si/c1-2-4-5-3-1/h1-3,5H. The SMILES string of the molecule is C1=CC=C[SiH]=1. The van der Waals surface area contributed by atoms with Crippen molar-refractivity contribution in [1.82, 2.24) is 0 Å². The van der Waals surface area contributed by atoms with E-state index < -0.39 is 0 Å². The first kappa shape index (κ1) is 2.82. The van der Waals surface area contributed by atoms with E-state index in [4.69, 9.17) is 0 Å². The average molecular weight is 80.2 g/mol. The number of hydrogen-bond donors (Lipinski definition) is 0. The van der Waals surface area contributed by atoms with Gasteiger partial charge in [-0.2, -0.15) is 5.33 Å². The molecule has 0 fully saturated rings. The Morgan fingerprint density at radius 1 is 1.60 bits per heavy atom. The fourth-order valence-electron chi connectivity index (χ4n) is 0.278. The molecule has 24 valence electrons. The summed E-state index contributed by atoms with van der Waals surface area (Å²) < 4.78 is 0. The second-order valence-corrected chi connectivity index (χ2v) is 1.94. The normalized spacial score (nSPS) is 14.4. The van der Waals surface area contributed by atoms with Crippen LogP contribution in [0.25, 0.3) is 0 Å². The van der Waals surface area contributed by atoms with E-state index in [1.165, 1.54) is 0 Å². The van der Waals surface area contributed by atoms with Gasteiger partial charge in [0.15, 0.2) is 0 Å². The van der Waals surface area contributed by atoms with Gasteiger partial charge in [-0.15, -0.1) is 0 Å². The van der Waals surface area contributed by atoms with Crippen LogP contribution < -0.4 is 0 Å². The molecular weight excluding hydrogens is 76.1 g/mol. The van der Waals surface area contributed by atoms with Crippen molar-refractivity contribution in [3.8, 4) is 0 Å². The van der Waals surface area contributed by atoms with Crippen LogP contribution in [0.3, 0.4) is 0 Å². The fourth-order valence-corrected chi connectivity index (χ4v) is 0.833. The highest BCUT2D eigenvalue weighted by atomic mass is 28.2. The summed E-state index contributed by atoms with van der Waals surface area (Å²) in [4.78, 5) is 0. The molecule has 1 heteroatoms. The average Bonchev–Trinajstić information content (AvgIpc) is 1.76. The second-order valence-electron chi connectivity index (χ2n) is 0.885. The zero-order valence-electron chi connectivity index (χ0n) is 2.81. The molecule has 0 amide bonds. The Hall–Kier alpha value is -0.393. The molecule has 0 aromatic carbocycles.